The minimum absolute atomic E-state index is 0. The number of rotatable bonds is 3. The van der Waals surface area contributed by atoms with Gasteiger partial charge in [-0.25, -0.2) is 5.10 Å². The fourth-order valence-corrected chi connectivity index (χ4v) is 2.10. The van der Waals surface area contributed by atoms with Crippen molar-refractivity contribution in [3.8, 4) is 11.3 Å². The molecule has 3 aromatic rings. The Bertz CT molecular complexity index is 800. The summed E-state index contributed by atoms with van der Waals surface area (Å²) in [7, 11) is 0. The van der Waals surface area contributed by atoms with E-state index < -0.39 is 0 Å². The second-order valence-corrected chi connectivity index (χ2v) is 4.70. The van der Waals surface area contributed by atoms with E-state index in [0.29, 0.717) is 0 Å². The number of hydrogen-bond donors (Lipinski definition) is 2. The zero-order chi connectivity index (χ0) is 14.7. The number of anilines is 2. The molecule has 0 spiro atoms. The summed E-state index contributed by atoms with van der Waals surface area (Å²) in [6, 6.07) is 13.2. The molecule has 0 unspecified atom stereocenters. The van der Waals surface area contributed by atoms with Crippen molar-refractivity contribution in [1.82, 2.24) is 15.2 Å². The fourth-order valence-electron chi connectivity index (χ4n) is 2.10. The molecule has 0 atom stereocenters. The summed E-state index contributed by atoms with van der Waals surface area (Å²) in [5.41, 5.74) is 4.37. The SMILES string of the molecule is Cc1cc(=O)[nH]nc1-c1ccc(Nc2ccncc2)cc1.Cl. The number of nitrogens with one attached hydrogen (secondary N) is 2. The van der Waals surface area contributed by atoms with Gasteiger partial charge in [-0.15, -0.1) is 12.4 Å². The van der Waals surface area contributed by atoms with Crippen LogP contribution in [0, 0.1) is 6.92 Å². The molecule has 0 fully saturated rings. The Balaban J connectivity index is 0.00000176. The van der Waals surface area contributed by atoms with Crippen molar-refractivity contribution in [2.24, 2.45) is 0 Å². The minimum atomic E-state index is -0.188. The van der Waals surface area contributed by atoms with Crippen LogP contribution in [0.25, 0.3) is 11.3 Å². The molecule has 6 heteroatoms. The zero-order valence-corrected chi connectivity index (χ0v) is 12.7. The van der Waals surface area contributed by atoms with Crippen LogP contribution in [0.2, 0.25) is 0 Å². The van der Waals surface area contributed by atoms with Crippen LogP contribution in [-0.4, -0.2) is 15.2 Å². The molecule has 0 aliphatic heterocycles. The van der Waals surface area contributed by atoms with E-state index in [4.69, 9.17) is 0 Å². The van der Waals surface area contributed by atoms with Gasteiger partial charge in [0.05, 0.1) is 5.69 Å². The first-order valence-corrected chi connectivity index (χ1v) is 6.56. The first-order chi connectivity index (χ1) is 10.2. The molecule has 0 saturated carbocycles. The van der Waals surface area contributed by atoms with Gasteiger partial charge in [-0.05, 0) is 36.8 Å². The van der Waals surface area contributed by atoms with E-state index in [1.165, 1.54) is 0 Å². The Labute approximate surface area is 133 Å². The monoisotopic (exact) mass is 314 g/mol. The maximum atomic E-state index is 11.2. The topological polar surface area (TPSA) is 70.7 Å². The summed E-state index contributed by atoms with van der Waals surface area (Å²) in [5.74, 6) is 0. The van der Waals surface area contributed by atoms with Crippen LogP contribution in [0.1, 0.15) is 5.56 Å². The van der Waals surface area contributed by atoms with Crippen molar-refractivity contribution < 1.29 is 0 Å². The van der Waals surface area contributed by atoms with Gasteiger partial charge in [0.25, 0.3) is 5.56 Å². The van der Waals surface area contributed by atoms with E-state index in [1.54, 1.807) is 18.5 Å². The molecule has 1 aromatic carbocycles. The molecular formula is C16H15ClN4O. The number of halogens is 1. The van der Waals surface area contributed by atoms with Crippen LogP contribution in [0.15, 0.2) is 59.7 Å². The molecule has 3 rings (SSSR count). The highest BCUT2D eigenvalue weighted by Gasteiger charge is 2.04. The van der Waals surface area contributed by atoms with Gasteiger partial charge in [-0.1, -0.05) is 12.1 Å². The van der Waals surface area contributed by atoms with E-state index in [-0.39, 0.29) is 18.0 Å². The third kappa shape index (κ3) is 3.51. The van der Waals surface area contributed by atoms with Crippen molar-refractivity contribution in [2.45, 2.75) is 6.92 Å². The number of H-pyrrole nitrogens is 1. The van der Waals surface area contributed by atoms with Crippen LogP contribution in [0.3, 0.4) is 0 Å². The number of nitrogens with zero attached hydrogens (tertiary/aromatic N) is 2. The number of pyridine rings is 1. The standard InChI is InChI=1S/C16H14N4O.ClH/c1-11-10-15(21)19-20-16(11)12-2-4-13(5-3-12)18-14-6-8-17-9-7-14;/h2-10H,1H3,(H,17,18)(H,19,21);1H. The van der Waals surface area contributed by atoms with Gasteiger partial charge in [0.15, 0.2) is 0 Å². The normalized spacial score (nSPS) is 9.86. The Kier molecular flexibility index (Phi) is 4.91. The average Bonchev–Trinajstić information content (AvgIpc) is 2.49. The van der Waals surface area contributed by atoms with Crippen molar-refractivity contribution in [1.29, 1.82) is 0 Å². The molecule has 0 saturated heterocycles. The minimum Gasteiger partial charge on any atom is -0.355 e. The van der Waals surface area contributed by atoms with Gasteiger partial charge in [-0.3, -0.25) is 9.78 Å². The number of aromatic amines is 1. The van der Waals surface area contributed by atoms with Crippen LogP contribution >= 0.6 is 12.4 Å². The second kappa shape index (κ2) is 6.87. The van der Waals surface area contributed by atoms with Gasteiger partial charge >= 0.3 is 0 Å². The van der Waals surface area contributed by atoms with Gasteiger partial charge in [-0.2, -0.15) is 5.10 Å². The van der Waals surface area contributed by atoms with Crippen LogP contribution < -0.4 is 10.9 Å². The summed E-state index contributed by atoms with van der Waals surface area (Å²) in [5, 5.41) is 9.85. The molecule has 112 valence electrons. The highest BCUT2D eigenvalue weighted by atomic mass is 35.5. The number of aryl methyl sites for hydroxylation is 1. The Morgan fingerprint density at radius 2 is 1.64 bits per heavy atom. The molecule has 2 heterocycles. The third-order valence-electron chi connectivity index (χ3n) is 3.13. The molecule has 0 bridgehead atoms. The number of hydrogen-bond acceptors (Lipinski definition) is 4. The van der Waals surface area contributed by atoms with E-state index in [1.807, 2.05) is 43.3 Å². The van der Waals surface area contributed by atoms with Gasteiger partial charge in [0.2, 0.25) is 0 Å². The van der Waals surface area contributed by atoms with E-state index >= 15 is 0 Å². The quantitative estimate of drug-likeness (QED) is 0.778. The van der Waals surface area contributed by atoms with E-state index in [2.05, 4.69) is 20.5 Å². The smallest absolute Gasteiger partial charge is 0.264 e. The largest absolute Gasteiger partial charge is 0.355 e. The fraction of sp³-hybridized carbons (Fsp3) is 0.0625. The predicted octanol–water partition coefficient (Wildman–Crippen LogP) is 3.31. The molecule has 0 radical (unpaired) electrons. The van der Waals surface area contributed by atoms with Crippen molar-refractivity contribution in [3.63, 3.8) is 0 Å². The lowest BCUT2D eigenvalue weighted by Crippen LogP contribution is -2.08. The van der Waals surface area contributed by atoms with Crippen LogP contribution in [0.4, 0.5) is 11.4 Å². The third-order valence-corrected chi connectivity index (χ3v) is 3.13. The lowest BCUT2D eigenvalue weighted by molar-refractivity contribution is 0.981. The molecule has 0 aliphatic carbocycles. The molecular weight excluding hydrogens is 300 g/mol. The predicted molar refractivity (Wildman–Crippen MR) is 89.8 cm³/mol. The lowest BCUT2D eigenvalue weighted by atomic mass is 10.1. The van der Waals surface area contributed by atoms with Crippen LogP contribution in [0.5, 0.6) is 0 Å². The van der Waals surface area contributed by atoms with Crippen molar-refractivity contribution in [3.05, 3.63) is 70.8 Å². The average molecular weight is 315 g/mol. The molecule has 0 amide bonds. The summed E-state index contributed by atoms with van der Waals surface area (Å²) < 4.78 is 0. The van der Waals surface area contributed by atoms with Crippen molar-refractivity contribution >= 4 is 23.8 Å². The number of benzene rings is 1. The molecule has 0 aliphatic rings. The second-order valence-electron chi connectivity index (χ2n) is 4.70. The Morgan fingerprint density at radius 3 is 2.27 bits per heavy atom. The maximum absolute atomic E-state index is 11.2. The van der Waals surface area contributed by atoms with E-state index in [0.717, 1.165) is 28.2 Å². The summed E-state index contributed by atoms with van der Waals surface area (Å²) in [4.78, 5) is 15.2. The van der Waals surface area contributed by atoms with Gasteiger partial charge in [0.1, 0.15) is 0 Å². The summed E-state index contributed by atoms with van der Waals surface area (Å²) in [6.45, 7) is 1.88. The van der Waals surface area contributed by atoms with E-state index in [9.17, 15) is 4.79 Å². The van der Waals surface area contributed by atoms with Crippen LogP contribution in [-0.2, 0) is 0 Å². The first-order valence-electron chi connectivity index (χ1n) is 6.56. The Morgan fingerprint density at radius 1 is 1.00 bits per heavy atom. The van der Waals surface area contributed by atoms with Gasteiger partial charge in [0, 0.05) is 35.4 Å². The zero-order valence-electron chi connectivity index (χ0n) is 11.9. The molecule has 2 aromatic heterocycles. The highest BCUT2D eigenvalue weighted by molar-refractivity contribution is 5.85. The van der Waals surface area contributed by atoms with Crippen molar-refractivity contribution in [2.75, 3.05) is 5.32 Å². The molecule has 22 heavy (non-hydrogen) atoms. The van der Waals surface area contributed by atoms with Gasteiger partial charge < -0.3 is 5.32 Å². The lowest BCUT2D eigenvalue weighted by Gasteiger charge is -2.08. The molecule has 5 nitrogen and oxygen atoms in total. The first kappa shape index (κ1) is 15.7. The highest BCUT2D eigenvalue weighted by Crippen LogP contribution is 2.22. The summed E-state index contributed by atoms with van der Waals surface area (Å²) >= 11 is 0. The molecule has 2 N–H and O–H groups in total. The Hall–Kier alpha value is -2.66. The summed E-state index contributed by atoms with van der Waals surface area (Å²) in [6.07, 6.45) is 3.48. The maximum Gasteiger partial charge on any atom is 0.264 e. The number of aromatic nitrogens is 3.